The molecule has 1 aromatic rings. The van der Waals surface area contributed by atoms with Gasteiger partial charge in [0.05, 0.1) is 6.10 Å². The lowest BCUT2D eigenvalue weighted by Gasteiger charge is -2.28. The van der Waals surface area contributed by atoms with Crippen LogP contribution in [0.15, 0.2) is 30.3 Å². The van der Waals surface area contributed by atoms with Crippen LogP contribution in [0.25, 0.3) is 0 Å². The Kier molecular flexibility index (Phi) is 5.36. The minimum Gasteiger partial charge on any atom is -0.465 e. The topological polar surface area (TPSA) is 60.8 Å². The van der Waals surface area contributed by atoms with Gasteiger partial charge in [0.1, 0.15) is 0 Å². The number of rotatable bonds is 5. The van der Waals surface area contributed by atoms with E-state index in [9.17, 15) is 9.90 Å². The summed E-state index contributed by atoms with van der Waals surface area (Å²) in [5.41, 5.74) is 0.736. The lowest BCUT2D eigenvalue weighted by atomic mass is 9.96. The van der Waals surface area contributed by atoms with Crippen molar-refractivity contribution < 1.29 is 15.0 Å². The fourth-order valence-electron chi connectivity index (χ4n) is 1.93. The summed E-state index contributed by atoms with van der Waals surface area (Å²) in [5.74, 6) is 0. The maximum absolute atomic E-state index is 11.2. The summed E-state index contributed by atoms with van der Waals surface area (Å²) in [6.07, 6.45) is -1.15. The average molecular weight is 265 g/mol. The molecule has 0 fully saturated rings. The molecule has 1 rings (SSSR count). The number of nitrogens with zero attached hydrogens (tertiary/aromatic N) is 1. The van der Waals surface area contributed by atoms with Gasteiger partial charge in [-0.05, 0) is 17.4 Å². The van der Waals surface area contributed by atoms with Crippen molar-refractivity contribution in [3.63, 3.8) is 0 Å². The van der Waals surface area contributed by atoms with E-state index in [1.165, 1.54) is 4.90 Å². The Hall–Kier alpha value is -1.55. The number of carbonyl (C=O) groups is 1. The maximum Gasteiger partial charge on any atom is 0.407 e. The zero-order valence-corrected chi connectivity index (χ0v) is 11.8. The molecule has 0 bridgehead atoms. The lowest BCUT2D eigenvalue weighted by molar-refractivity contribution is 0.106. The summed E-state index contributed by atoms with van der Waals surface area (Å²) in [6.45, 7) is 6.79. The molecule has 0 heterocycles. The Bertz CT molecular complexity index is 398. The number of hydrogen-bond donors (Lipinski definition) is 2. The van der Waals surface area contributed by atoms with E-state index < -0.39 is 12.2 Å². The smallest absolute Gasteiger partial charge is 0.407 e. The Balaban J connectivity index is 2.55. The second-order valence-electron chi connectivity index (χ2n) is 5.98. The fraction of sp³-hybridized carbons (Fsp3) is 0.533. The van der Waals surface area contributed by atoms with Crippen LogP contribution in [0.2, 0.25) is 0 Å². The first-order valence-corrected chi connectivity index (χ1v) is 6.50. The lowest BCUT2D eigenvalue weighted by Crippen LogP contribution is -2.37. The van der Waals surface area contributed by atoms with Crippen molar-refractivity contribution in [3.8, 4) is 0 Å². The van der Waals surface area contributed by atoms with Gasteiger partial charge in [-0.15, -0.1) is 0 Å². The second-order valence-corrected chi connectivity index (χ2v) is 5.98. The van der Waals surface area contributed by atoms with Crippen LogP contribution in [-0.4, -0.2) is 34.3 Å². The number of benzene rings is 1. The molecule has 4 nitrogen and oxygen atoms in total. The molecular formula is C15H23NO3. The van der Waals surface area contributed by atoms with Crippen LogP contribution in [0.4, 0.5) is 4.79 Å². The molecule has 2 N–H and O–H groups in total. The van der Waals surface area contributed by atoms with E-state index in [1.54, 1.807) is 0 Å². The van der Waals surface area contributed by atoms with E-state index in [-0.39, 0.29) is 5.41 Å². The Morgan fingerprint density at radius 3 is 2.32 bits per heavy atom. The Morgan fingerprint density at radius 1 is 1.26 bits per heavy atom. The van der Waals surface area contributed by atoms with Gasteiger partial charge in [0.15, 0.2) is 0 Å². The summed E-state index contributed by atoms with van der Waals surface area (Å²) in [4.78, 5) is 12.5. The van der Waals surface area contributed by atoms with Crippen LogP contribution in [0.1, 0.15) is 38.9 Å². The molecule has 106 valence electrons. The van der Waals surface area contributed by atoms with Gasteiger partial charge in [-0.2, -0.15) is 0 Å². The van der Waals surface area contributed by atoms with E-state index >= 15 is 0 Å². The highest BCUT2D eigenvalue weighted by Gasteiger charge is 2.21. The molecule has 0 spiro atoms. The molecule has 0 radical (unpaired) electrons. The van der Waals surface area contributed by atoms with Crippen molar-refractivity contribution in [2.24, 2.45) is 5.41 Å². The predicted octanol–water partition coefficient (Wildman–Crippen LogP) is 3.14. The van der Waals surface area contributed by atoms with Crippen molar-refractivity contribution in [1.82, 2.24) is 4.90 Å². The highest BCUT2D eigenvalue weighted by Crippen LogP contribution is 2.19. The van der Waals surface area contributed by atoms with Crippen LogP contribution in [-0.2, 0) is 0 Å². The number of aliphatic hydroxyl groups excluding tert-OH is 1. The summed E-state index contributed by atoms with van der Waals surface area (Å²) in [7, 11) is 0. The van der Waals surface area contributed by atoms with E-state index in [0.29, 0.717) is 19.5 Å². The molecular weight excluding hydrogens is 242 g/mol. The first kappa shape index (κ1) is 15.5. The normalized spacial score (nSPS) is 13.1. The van der Waals surface area contributed by atoms with Crippen molar-refractivity contribution in [1.29, 1.82) is 0 Å². The van der Waals surface area contributed by atoms with Gasteiger partial charge >= 0.3 is 6.09 Å². The van der Waals surface area contributed by atoms with Gasteiger partial charge in [0, 0.05) is 13.1 Å². The molecule has 0 saturated carbocycles. The van der Waals surface area contributed by atoms with Crippen LogP contribution in [0.3, 0.4) is 0 Å². The van der Waals surface area contributed by atoms with Crippen molar-refractivity contribution in [2.75, 3.05) is 13.1 Å². The molecule has 1 unspecified atom stereocenters. The van der Waals surface area contributed by atoms with Gasteiger partial charge in [0.25, 0.3) is 0 Å². The fourth-order valence-corrected chi connectivity index (χ4v) is 1.93. The van der Waals surface area contributed by atoms with Crippen LogP contribution < -0.4 is 0 Å². The number of hydrogen-bond acceptors (Lipinski definition) is 2. The largest absolute Gasteiger partial charge is 0.465 e. The third-order valence-electron chi connectivity index (χ3n) is 2.79. The van der Waals surface area contributed by atoms with E-state index in [1.807, 2.05) is 51.1 Å². The average Bonchev–Trinajstić information content (AvgIpc) is 2.33. The summed E-state index contributed by atoms with van der Waals surface area (Å²) in [6, 6.07) is 9.31. The van der Waals surface area contributed by atoms with Crippen molar-refractivity contribution >= 4 is 6.09 Å². The molecule has 4 heteroatoms. The van der Waals surface area contributed by atoms with Gasteiger partial charge in [-0.3, -0.25) is 0 Å². The first-order valence-electron chi connectivity index (χ1n) is 6.50. The maximum atomic E-state index is 11.2. The summed E-state index contributed by atoms with van der Waals surface area (Å²) in [5, 5.41) is 19.2. The quantitative estimate of drug-likeness (QED) is 0.859. The number of aliphatic hydroxyl groups is 1. The van der Waals surface area contributed by atoms with E-state index in [4.69, 9.17) is 5.11 Å². The predicted molar refractivity (Wildman–Crippen MR) is 75.1 cm³/mol. The molecule has 1 atom stereocenters. The third kappa shape index (κ3) is 5.75. The minimum absolute atomic E-state index is 0.0872. The number of amides is 1. The zero-order valence-electron chi connectivity index (χ0n) is 11.8. The van der Waals surface area contributed by atoms with Gasteiger partial charge in [-0.1, -0.05) is 51.1 Å². The summed E-state index contributed by atoms with van der Waals surface area (Å²) >= 11 is 0. The minimum atomic E-state index is -0.935. The van der Waals surface area contributed by atoms with Gasteiger partial charge < -0.3 is 15.1 Å². The van der Waals surface area contributed by atoms with Gasteiger partial charge in [-0.25, -0.2) is 4.79 Å². The molecule has 0 aromatic heterocycles. The van der Waals surface area contributed by atoms with Crippen molar-refractivity contribution in [2.45, 2.75) is 33.3 Å². The zero-order chi connectivity index (χ0) is 14.5. The Labute approximate surface area is 114 Å². The molecule has 0 aliphatic rings. The highest BCUT2D eigenvalue weighted by molar-refractivity contribution is 5.64. The molecule has 19 heavy (non-hydrogen) atoms. The van der Waals surface area contributed by atoms with Gasteiger partial charge in [0.2, 0.25) is 0 Å². The summed E-state index contributed by atoms with van der Waals surface area (Å²) < 4.78 is 0. The third-order valence-corrected chi connectivity index (χ3v) is 2.79. The number of carboxylic acid groups (broad SMARTS) is 1. The van der Waals surface area contributed by atoms with E-state index in [2.05, 4.69) is 0 Å². The SMILES string of the molecule is CC(C)(C)CN(CCC(O)c1ccccc1)C(=O)O. The first-order chi connectivity index (χ1) is 8.79. The van der Waals surface area contributed by atoms with Crippen LogP contribution >= 0.6 is 0 Å². The second kappa shape index (κ2) is 6.57. The molecule has 0 aliphatic carbocycles. The Morgan fingerprint density at radius 2 is 1.84 bits per heavy atom. The molecule has 0 aliphatic heterocycles. The molecule has 1 aromatic carbocycles. The van der Waals surface area contributed by atoms with Crippen LogP contribution in [0.5, 0.6) is 0 Å². The van der Waals surface area contributed by atoms with E-state index in [0.717, 1.165) is 5.56 Å². The molecule has 1 amide bonds. The monoisotopic (exact) mass is 265 g/mol. The van der Waals surface area contributed by atoms with Crippen molar-refractivity contribution in [3.05, 3.63) is 35.9 Å². The standard InChI is InChI=1S/C15H23NO3/c1-15(2,3)11-16(14(18)19)10-9-13(17)12-7-5-4-6-8-12/h4-8,13,17H,9-11H2,1-3H3,(H,18,19). The van der Waals surface area contributed by atoms with Crippen LogP contribution in [0, 0.1) is 5.41 Å². The highest BCUT2D eigenvalue weighted by atomic mass is 16.4. The molecule has 0 saturated heterocycles.